The van der Waals surface area contributed by atoms with Gasteiger partial charge in [0.1, 0.15) is 6.54 Å². The first kappa shape index (κ1) is 10.5. The van der Waals surface area contributed by atoms with Crippen molar-refractivity contribution in [2.45, 2.75) is 6.54 Å². The van der Waals surface area contributed by atoms with Gasteiger partial charge in [-0.3, -0.25) is 4.79 Å². The molecule has 0 amide bonds. The van der Waals surface area contributed by atoms with E-state index < -0.39 is 5.97 Å². The lowest BCUT2D eigenvalue weighted by Gasteiger charge is -1.99. The molecule has 0 spiro atoms. The molecule has 2 heterocycles. The zero-order chi connectivity index (χ0) is 12.5. The number of fused-ring (bicyclic) bond motifs is 1. The average Bonchev–Trinajstić information content (AvgIpc) is 2.94. The van der Waals surface area contributed by atoms with Crippen molar-refractivity contribution >= 4 is 16.9 Å². The highest BCUT2D eigenvalue weighted by atomic mass is 16.4. The number of nitrogens with one attached hydrogen (secondary N) is 1. The molecule has 0 saturated carbocycles. The van der Waals surface area contributed by atoms with Crippen molar-refractivity contribution in [3.05, 3.63) is 30.5 Å². The number of aliphatic carboxylic acids is 1. The van der Waals surface area contributed by atoms with E-state index in [1.54, 1.807) is 6.20 Å². The van der Waals surface area contributed by atoms with E-state index in [-0.39, 0.29) is 6.54 Å². The lowest BCUT2D eigenvalue weighted by Crippen LogP contribution is -2.11. The second-order valence-electron chi connectivity index (χ2n) is 3.80. The van der Waals surface area contributed by atoms with Crippen LogP contribution in [-0.2, 0) is 11.3 Å². The molecule has 0 aliphatic heterocycles. The van der Waals surface area contributed by atoms with Crippen LogP contribution >= 0.6 is 0 Å². The first-order valence-electron chi connectivity index (χ1n) is 5.30. The molecule has 18 heavy (non-hydrogen) atoms. The fourth-order valence-corrected chi connectivity index (χ4v) is 1.89. The van der Waals surface area contributed by atoms with Crippen LogP contribution in [0.5, 0.6) is 0 Å². The summed E-state index contributed by atoms with van der Waals surface area (Å²) in [6.45, 7) is -0.262. The largest absolute Gasteiger partial charge is 0.480 e. The highest BCUT2D eigenvalue weighted by Gasteiger charge is 2.14. The number of tetrazole rings is 1. The second kappa shape index (κ2) is 3.95. The number of rotatable bonds is 3. The fraction of sp³-hybridized carbons (Fsp3) is 0.0909. The van der Waals surface area contributed by atoms with Gasteiger partial charge in [-0.25, -0.2) is 4.68 Å². The summed E-state index contributed by atoms with van der Waals surface area (Å²) in [5, 5.41) is 20.8. The van der Waals surface area contributed by atoms with Gasteiger partial charge >= 0.3 is 5.97 Å². The number of H-pyrrole nitrogens is 1. The first-order chi connectivity index (χ1) is 8.75. The predicted molar refractivity (Wildman–Crippen MR) is 62.7 cm³/mol. The molecule has 0 radical (unpaired) electrons. The van der Waals surface area contributed by atoms with E-state index in [2.05, 4.69) is 20.5 Å². The standard InChI is InChI=1S/C11H9N5O2/c17-10(18)6-16-11(13-14-15-16)8-5-12-9-4-2-1-3-7(8)9/h1-5,12H,6H2,(H,17,18). The molecule has 7 heteroatoms. The Hall–Kier alpha value is -2.70. The Morgan fingerprint density at radius 2 is 2.22 bits per heavy atom. The number of hydrogen-bond acceptors (Lipinski definition) is 4. The summed E-state index contributed by atoms with van der Waals surface area (Å²) >= 11 is 0. The number of aromatic amines is 1. The van der Waals surface area contributed by atoms with Gasteiger partial charge in [0.2, 0.25) is 0 Å². The van der Waals surface area contributed by atoms with Gasteiger partial charge in [0.15, 0.2) is 5.82 Å². The van der Waals surface area contributed by atoms with Crippen LogP contribution in [0.25, 0.3) is 22.3 Å². The van der Waals surface area contributed by atoms with Crippen LogP contribution in [0.15, 0.2) is 30.5 Å². The zero-order valence-corrected chi connectivity index (χ0v) is 9.24. The Morgan fingerprint density at radius 3 is 3.06 bits per heavy atom. The highest BCUT2D eigenvalue weighted by molar-refractivity contribution is 5.93. The summed E-state index contributed by atoms with van der Waals surface area (Å²) in [7, 11) is 0. The quantitative estimate of drug-likeness (QED) is 0.712. The van der Waals surface area contributed by atoms with E-state index in [0.717, 1.165) is 16.5 Å². The minimum Gasteiger partial charge on any atom is -0.480 e. The second-order valence-corrected chi connectivity index (χ2v) is 3.80. The third kappa shape index (κ3) is 1.61. The van der Waals surface area contributed by atoms with E-state index in [9.17, 15) is 4.79 Å². The topological polar surface area (TPSA) is 96.7 Å². The Morgan fingerprint density at radius 1 is 1.39 bits per heavy atom. The molecule has 7 nitrogen and oxygen atoms in total. The summed E-state index contributed by atoms with van der Waals surface area (Å²) in [4.78, 5) is 13.8. The molecule has 0 unspecified atom stereocenters. The van der Waals surface area contributed by atoms with Gasteiger partial charge in [0, 0.05) is 22.7 Å². The van der Waals surface area contributed by atoms with E-state index in [1.807, 2.05) is 24.3 Å². The molecule has 0 fully saturated rings. The van der Waals surface area contributed by atoms with Gasteiger partial charge in [-0.15, -0.1) is 5.10 Å². The van der Waals surface area contributed by atoms with Gasteiger partial charge in [0.05, 0.1) is 0 Å². The molecule has 2 N–H and O–H groups in total. The van der Waals surface area contributed by atoms with E-state index >= 15 is 0 Å². The minimum atomic E-state index is -0.983. The molecule has 0 atom stereocenters. The van der Waals surface area contributed by atoms with E-state index in [1.165, 1.54) is 4.68 Å². The molecule has 1 aromatic carbocycles. The summed E-state index contributed by atoms with van der Waals surface area (Å²) in [5.74, 6) is -0.543. The molecule has 0 aliphatic carbocycles. The molecule has 0 bridgehead atoms. The van der Waals surface area contributed by atoms with Crippen LogP contribution in [-0.4, -0.2) is 36.3 Å². The maximum atomic E-state index is 10.7. The number of carboxylic acid groups (broad SMARTS) is 1. The highest BCUT2D eigenvalue weighted by Crippen LogP contribution is 2.26. The number of carbonyl (C=O) groups is 1. The molecule has 0 aliphatic rings. The van der Waals surface area contributed by atoms with Gasteiger partial charge < -0.3 is 10.1 Å². The third-order valence-corrected chi connectivity index (χ3v) is 2.65. The molecule has 3 rings (SSSR count). The van der Waals surface area contributed by atoms with Gasteiger partial charge in [-0.1, -0.05) is 18.2 Å². The van der Waals surface area contributed by atoms with Crippen LogP contribution in [0.4, 0.5) is 0 Å². The van der Waals surface area contributed by atoms with Crippen molar-refractivity contribution < 1.29 is 9.90 Å². The van der Waals surface area contributed by atoms with Crippen molar-refractivity contribution in [3.63, 3.8) is 0 Å². The molecular weight excluding hydrogens is 234 g/mol. The van der Waals surface area contributed by atoms with Crippen molar-refractivity contribution in [2.24, 2.45) is 0 Å². The van der Waals surface area contributed by atoms with E-state index in [0.29, 0.717) is 5.82 Å². The van der Waals surface area contributed by atoms with Crippen LogP contribution in [0, 0.1) is 0 Å². The van der Waals surface area contributed by atoms with E-state index in [4.69, 9.17) is 5.11 Å². The molecular formula is C11H9N5O2. The number of hydrogen-bond donors (Lipinski definition) is 2. The SMILES string of the molecule is O=C(O)Cn1nnnc1-c1c[nH]c2ccccc12. The number of carboxylic acids is 1. The van der Waals surface area contributed by atoms with Crippen LogP contribution < -0.4 is 0 Å². The summed E-state index contributed by atoms with van der Waals surface area (Å²) in [6, 6.07) is 7.69. The van der Waals surface area contributed by atoms with Crippen LogP contribution in [0.1, 0.15) is 0 Å². The number of benzene rings is 1. The lowest BCUT2D eigenvalue weighted by atomic mass is 10.1. The summed E-state index contributed by atoms with van der Waals surface area (Å²) in [6.07, 6.45) is 1.77. The maximum Gasteiger partial charge on any atom is 0.325 e. The molecule has 3 aromatic rings. The number of nitrogens with zero attached hydrogens (tertiary/aromatic N) is 4. The molecule has 0 saturated heterocycles. The Labute approximate surface area is 101 Å². The van der Waals surface area contributed by atoms with Crippen molar-refractivity contribution in [1.82, 2.24) is 25.2 Å². The van der Waals surface area contributed by atoms with Gasteiger partial charge in [0.25, 0.3) is 0 Å². The Kier molecular flexibility index (Phi) is 2.30. The van der Waals surface area contributed by atoms with Crippen molar-refractivity contribution in [3.8, 4) is 11.4 Å². The first-order valence-corrected chi connectivity index (χ1v) is 5.30. The van der Waals surface area contributed by atoms with Crippen LogP contribution in [0.2, 0.25) is 0 Å². The number of para-hydroxylation sites is 1. The van der Waals surface area contributed by atoms with Gasteiger partial charge in [-0.2, -0.15) is 0 Å². The smallest absolute Gasteiger partial charge is 0.325 e. The normalized spacial score (nSPS) is 10.9. The zero-order valence-electron chi connectivity index (χ0n) is 9.24. The summed E-state index contributed by atoms with van der Waals surface area (Å²) in [5.41, 5.74) is 1.74. The number of aromatic nitrogens is 5. The molecule has 90 valence electrons. The van der Waals surface area contributed by atoms with Gasteiger partial charge in [-0.05, 0) is 16.5 Å². The van der Waals surface area contributed by atoms with Crippen LogP contribution in [0.3, 0.4) is 0 Å². The van der Waals surface area contributed by atoms with Crippen molar-refractivity contribution in [1.29, 1.82) is 0 Å². The third-order valence-electron chi connectivity index (χ3n) is 2.65. The molecule has 2 aromatic heterocycles. The lowest BCUT2D eigenvalue weighted by molar-refractivity contribution is -0.137. The minimum absolute atomic E-state index is 0.262. The maximum absolute atomic E-state index is 10.7. The monoisotopic (exact) mass is 243 g/mol. The predicted octanol–water partition coefficient (Wildman–Crippen LogP) is 0.906. The Bertz CT molecular complexity index is 715. The summed E-state index contributed by atoms with van der Waals surface area (Å²) < 4.78 is 1.26. The van der Waals surface area contributed by atoms with Crippen molar-refractivity contribution in [2.75, 3.05) is 0 Å². The average molecular weight is 243 g/mol. The Balaban J connectivity index is 2.15. The fourth-order valence-electron chi connectivity index (χ4n) is 1.89.